The smallest absolute Gasteiger partial charge is 0.303 e. The number of halogens is 1. The molecule has 1 saturated carbocycles. The summed E-state index contributed by atoms with van der Waals surface area (Å²) in [5, 5.41) is 19.8. The van der Waals surface area contributed by atoms with Gasteiger partial charge in [-0.05, 0) is 61.3 Å². The van der Waals surface area contributed by atoms with E-state index in [1.165, 1.54) is 0 Å². The number of aliphatic hydroxyl groups is 1. The van der Waals surface area contributed by atoms with E-state index in [2.05, 4.69) is 15.9 Å². The molecule has 11 nitrogen and oxygen atoms in total. The molecular weight excluding hydrogens is 680 g/mol. The third-order valence-corrected chi connectivity index (χ3v) is 12.0. The zero-order chi connectivity index (χ0) is 36.1. The van der Waals surface area contributed by atoms with E-state index in [9.17, 15) is 19.8 Å². The van der Waals surface area contributed by atoms with Crippen LogP contribution in [0.5, 0.6) is 5.88 Å². The summed E-state index contributed by atoms with van der Waals surface area (Å²) in [4.78, 5) is 41.7. The number of rotatable bonds is 9. The Morgan fingerprint density at radius 3 is 2.56 bits per heavy atom. The number of nitrogens with zero attached hydrogens (tertiary/aromatic N) is 6. The third-order valence-electron chi connectivity index (χ3n) is 11.6. The molecule has 52 heavy (non-hydrogen) atoms. The molecule has 0 bridgehead atoms. The van der Waals surface area contributed by atoms with Crippen molar-refractivity contribution in [2.45, 2.75) is 70.2 Å². The SMILES string of the molecule is COc1nc(-c2cccc(-c3cccc4c3CCN4C(=O)c3nc4c(n3C)CCN(C3CCC(CC(=O)O)C3)C4)c2Cl)ccc1CN1CC[C@@H](O)C1. The number of ether oxygens (including phenoxy) is 1. The van der Waals surface area contributed by atoms with E-state index in [4.69, 9.17) is 26.3 Å². The maximum atomic E-state index is 14.2. The Morgan fingerprint density at radius 1 is 0.962 bits per heavy atom. The highest BCUT2D eigenvalue weighted by Crippen LogP contribution is 2.43. The largest absolute Gasteiger partial charge is 0.481 e. The van der Waals surface area contributed by atoms with Crippen LogP contribution < -0.4 is 9.64 Å². The van der Waals surface area contributed by atoms with Gasteiger partial charge >= 0.3 is 5.97 Å². The second kappa shape index (κ2) is 14.3. The van der Waals surface area contributed by atoms with E-state index in [0.29, 0.717) is 61.1 Å². The molecule has 3 aliphatic heterocycles. The molecular formula is C40H45ClN6O5. The van der Waals surface area contributed by atoms with Crippen LogP contribution in [-0.2, 0) is 37.8 Å². The van der Waals surface area contributed by atoms with Gasteiger partial charge in [0.15, 0.2) is 5.82 Å². The van der Waals surface area contributed by atoms with Crippen LogP contribution in [0.2, 0.25) is 5.02 Å². The van der Waals surface area contributed by atoms with E-state index >= 15 is 0 Å². The van der Waals surface area contributed by atoms with Crippen LogP contribution in [0.3, 0.4) is 0 Å². The molecule has 2 fully saturated rings. The van der Waals surface area contributed by atoms with Gasteiger partial charge in [-0.1, -0.05) is 48.0 Å². The van der Waals surface area contributed by atoms with Gasteiger partial charge in [0.05, 0.1) is 29.6 Å². The fourth-order valence-electron chi connectivity index (χ4n) is 8.93. The second-order valence-electron chi connectivity index (χ2n) is 14.8. The summed E-state index contributed by atoms with van der Waals surface area (Å²) in [6.07, 6.45) is 5.09. The average molecular weight is 725 g/mol. The van der Waals surface area contributed by atoms with E-state index in [1.54, 1.807) is 7.11 Å². The molecule has 1 saturated heterocycles. The number of carbonyl (C=O) groups is 2. The molecule has 3 atom stereocenters. The Morgan fingerprint density at radius 2 is 1.77 bits per heavy atom. The summed E-state index contributed by atoms with van der Waals surface area (Å²) in [7, 11) is 3.57. The van der Waals surface area contributed by atoms with E-state index in [-0.39, 0.29) is 24.3 Å². The Hall–Kier alpha value is -4.29. The van der Waals surface area contributed by atoms with Gasteiger partial charge < -0.3 is 24.4 Å². The number of pyridine rings is 1. The highest BCUT2D eigenvalue weighted by atomic mass is 35.5. The molecule has 272 valence electrons. The lowest BCUT2D eigenvalue weighted by Gasteiger charge is -2.32. The number of carbonyl (C=O) groups excluding carboxylic acids is 1. The molecule has 2 N–H and O–H groups in total. The maximum Gasteiger partial charge on any atom is 0.303 e. The second-order valence-corrected chi connectivity index (χ2v) is 15.1. The number of β-amino-alcohol motifs (C(OH)–C–C–N with tert-alkyl or cyclic N) is 1. The highest BCUT2D eigenvalue weighted by molar-refractivity contribution is 6.36. The van der Waals surface area contributed by atoms with Gasteiger partial charge in [-0.15, -0.1) is 0 Å². The summed E-state index contributed by atoms with van der Waals surface area (Å²) in [6, 6.07) is 16.4. The predicted molar refractivity (Wildman–Crippen MR) is 199 cm³/mol. The molecule has 0 spiro atoms. The van der Waals surface area contributed by atoms with Crippen molar-refractivity contribution in [2.75, 3.05) is 38.2 Å². The zero-order valence-corrected chi connectivity index (χ0v) is 30.5. The summed E-state index contributed by atoms with van der Waals surface area (Å²) in [6.45, 7) is 4.26. The Balaban J connectivity index is 1.02. The molecule has 8 rings (SSSR count). The summed E-state index contributed by atoms with van der Waals surface area (Å²) < 4.78 is 7.67. The summed E-state index contributed by atoms with van der Waals surface area (Å²) >= 11 is 7.19. The van der Waals surface area contributed by atoms with Gasteiger partial charge in [-0.25, -0.2) is 9.97 Å². The van der Waals surface area contributed by atoms with Gasteiger partial charge in [-0.2, -0.15) is 0 Å². The average Bonchev–Trinajstić information content (AvgIpc) is 3.95. The van der Waals surface area contributed by atoms with Crippen molar-refractivity contribution in [1.82, 2.24) is 24.3 Å². The quantitative estimate of drug-likeness (QED) is 0.228. The minimum atomic E-state index is -0.720. The van der Waals surface area contributed by atoms with Crippen molar-refractivity contribution < 1.29 is 24.5 Å². The number of aliphatic hydroxyl groups excluding tert-OH is 1. The Bertz CT molecular complexity index is 2030. The van der Waals surface area contributed by atoms with Crippen molar-refractivity contribution in [3.8, 4) is 28.3 Å². The number of aromatic nitrogens is 3. The van der Waals surface area contributed by atoms with Gasteiger partial charge in [0.2, 0.25) is 5.88 Å². The van der Waals surface area contributed by atoms with Crippen LogP contribution in [0.1, 0.15) is 65.2 Å². The monoisotopic (exact) mass is 724 g/mol. The van der Waals surface area contributed by atoms with Crippen LogP contribution >= 0.6 is 11.6 Å². The lowest BCUT2D eigenvalue weighted by Crippen LogP contribution is -2.38. The normalized spacial score (nSPS) is 21.8. The molecule has 2 aromatic carbocycles. The zero-order valence-electron chi connectivity index (χ0n) is 29.7. The van der Waals surface area contributed by atoms with Crippen LogP contribution in [-0.4, -0.2) is 91.9 Å². The Labute approximate surface area is 308 Å². The standard InChI is InChI=1S/C40H45ClN6O5/c1-44-35-15-17-46(26-11-9-24(19-26)20-36(49)50)23-33(35)42-38(44)40(51)47-18-14-29-28(5-4-8-34(29)47)30-6-3-7-31(37(30)41)32-12-10-25(39(43-32)52-2)21-45-16-13-27(48)22-45/h3-8,10,12,24,26-27,48H,9,11,13-23H2,1-2H3,(H,49,50)/t24?,26?,27-/m1/s1. The number of fused-ring (bicyclic) bond motifs is 2. The van der Waals surface area contributed by atoms with E-state index < -0.39 is 5.97 Å². The number of methoxy groups -OCH3 is 1. The number of carboxylic acids is 1. The number of likely N-dealkylation sites (tertiary alicyclic amines) is 1. The van der Waals surface area contributed by atoms with Crippen molar-refractivity contribution >= 4 is 29.2 Å². The minimum absolute atomic E-state index is 0.110. The van der Waals surface area contributed by atoms with E-state index in [0.717, 1.165) is 90.1 Å². The first-order chi connectivity index (χ1) is 25.2. The molecule has 0 radical (unpaired) electrons. The number of hydrogen-bond donors (Lipinski definition) is 2. The molecule has 4 aliphatic rings. The number of amides is 1. The first kappa shape index (κ1) is 34.8. The van der Waals surface area contributed by atoms with Gasteiger partial charge in [0.1, 0.15) is 0 Å². The van der Waals surface area contributed by atoms with Gasteiger partial charge in [-0.3, -0.25) is 19.4 Å². The van der Waals surface area contributed by atoms with Crippen LogP contribution in [0.15, 0.2) is 48.5 Å². The fraction of sp³-hybridized carbons (Fsp3) is 0.450. The molecule has 1 amide bonds. The lowest BCUT2D eigenvalue weighted by atomic mass is 9.95. The number of imidazole rings is 1. The van der Waals surface area contributed by atoms with Crippen LogP contribution in [0.25, 0.3) is 22.4 Å². The predicted octanol–water partition coefficient (Wildman–Crippen LogP) is 5.58. The number of benzene rings is 2. The Kier molecular flexibility index (Phi) is 9.54. The lowest BCUT2D eigenvalue weighted by molar-refractivity contribution is -0.138. The summed E-state index contributed by atoms with van der Waals surface area (Å²) in [5.74, 6) is 0.395. The fourth-order valence-corrected chi connectivity index (χ4v) is 9.26. The molecule has 2 unspecified atom stereocenters. The summed E-state index contributed by atoms with van der Waals surface area (Å²) in [5.41, 5.74) is 8.34. The first-order valence-electron chi connectivity index (χ1n) is 18.4. The molecule has 12 heteroatoms. The van der Waals surface area contributed by atoms with Crippen molar-refractivity contribution in [1.29, 1.82) is 0 Å². The van der Waals surface area contributed by atoms with Crippen LogP contribution in [0, 0.1) is 5.92 Å². The van der Waals surface area contributed by atoms with E-state index in [1.807, 2.05) is 59.0 Å². The van der Waals surface area contributed by atoms with Crippen molar-refractivity contribution in [3.63, 3.8) is 0 Å². The van der Waals surface area contributed by atoms with Crippen molar-refractivity contribution in [2.24, 2.45) is 13.0 Å². The maximum absolute atomic E-state index is 14.2. The number of aliphatic carboxylic acids is 1. The molecule has 4 aromatic rings. The molecule has 1 aliphatic carbocycles. The molecule has 5 heterocycles. The van der Waals surface area contributed by atoms with Gasteiger partial charge in [0, 0.05) is 93.3 Å². The van der Waals surface area contributed by atoms with Crippen LogP contribution in [0.4, 0.5) is 5.69 Å². The first-order valence-corrected chi connectivity index (χ1v) is 18.7. The number of hydrogen-bond acceptors (Lipinski definition) is 8. The topological polar surface area (TPSA) is 124 Å². The molecule has 2 aromatic heterocycles. The van der Waals surface area contributed by atoms with Crippen molar-refractivity contribution in [3.05, 3.63) is 81.9 Å². The minimum Gasteiger partial charge on any atom is -0.481 e. The number of anilines is 1. The van der Waals surface area contributed by atoms with Gasteiger partial charge in [0.25, 0.3) is 5.91 Å². The number of carboxylic acid groups (broad SMARTS) is 1. The highest BCUT2D eigenvalue weighted by Gasteiger charge is 2.36. The third kappa shape index (κ3) is 6.48.